The monoisotopic (exact) mass is 806 g/mol. The zero-order chi connectivity index (χ0) is 43.1. The summed E-state index contributed by atoms with van der Waals surface area (Å²) in [7, 11) is 1.44. The van der Waals surface area contributed by atoms with Gasteiger partial charge >= 0.3 is 17.7 Å². The number of aliphatic hydroxyl groups is 2. The van der Waals surface area contributed by atoms with Crippen LogP contribution in [0.2, 0.25) is 0 Å². The quantitative estimate of drug-likeness (QED) is 0.131. The van der Waals surface area contributed by atoms with Gasteiger partial charge in [-0.15, -0.1) is 0 Å². The third-order valence-electron chi connectivity index (χ3n) is 11.4. The predicted molar refractivity (Wildman–Crippen MR) is 215 cm³/mol. The van der Waals surface area contributed by atoms with Gasteiger partial charge in [-0.05, 0) is 33.8 Å². The van der Waals surface area contributed by atoms with Gasteiger partial charge in [0, 0.05) is 72.2 Å². The second-order valence-corrected chi connectivity index (χ2v) is 15.5. The highest BCUT2D eigenvalue weighted by Crippen LogP contribution is 2.54. The Morgan fingerprint density at radius 3 is 2.22 bits per heavy atom. The van der Waals surface area contributed by atoms with Crippen LogP contribution in [0.1, 0.15) is 87.4 Å². The first-order valence-corrected chi connectivity index (χ1v) is 19.3. The number of aromatic hydroxyl groups is 2. The van der Waals surface area contributed by atoms with E-state index in [4.69, 9.17) is 23.7 Å². The predicted octanol–water partition coefficient (Wildman–Crippen LogP) is 6.01. The number of aromatic amines is 1. The minimum absolute atomic E-state index is 0.00939. The molecule has 0 saturated carbocycles. The van der Waals surface area contributed by atoms with Crippen LogP contribution in [0.4, 0.5) is 5.69 Å². The summed E-state index contributed by atoms with van der Waals surface area (Å²) < 4.78 is 29.1. The number of benzene rings is 2. The van der Waals surface area contributed by atoms with Gasteiger partial charge in [0.2, 0.25) is 0 Å². The second kappa shape index (κ2) is 16.8. The number of ether oxygens (including phenoxy) is 5. The lowest BCUT2D eigenvalue weighted by Crippen LogP contribution is -2.46. The third-order valence-corrected chi connectivity index (χ3v) is 11.4. The number of ketones is 1. The normalized spacial score (nSPS) is 29.8. The molecule has 0 spiro atoms. The molecule has 15 heteroatoms. The SMILES string of the molecule is CCOC(=O)c1c(C)[nH]c2c1c1c(O)c3c(O)c(C)c4c(c32)C(=O)C(C)(OC=CC(OC)C(C)C(OC(C)=O)C(C)C(O)C(C)C(O)C(C)/C=C\C=C(\C)C(=O)N1)O4. The van der Waals surface area contributed by atoms with Crippen molar-refractivity contribution < 1.29 is 63.3 Å². The van der Waals surface area contributed by atoms with E-state index in [1.807, 2.05) is 0 Å². The van der Waals surface area contributed by atoms with Gasteiger partial charge in [0.1, 0.15) is 17.6 Å². The van der Waals surface area contributed by atoms with Gasteiger partial charge in [-0.3, -0.25) is 14.4 Å². The zero-order valence-corrected chi connectivity index (χ0v) is 34.7. The van der Waals surface area contributed by atoms with Gasteiger partial charge in [0.25, 0.3) is 11.7 Å². The number of amides is 1. The number of nitrogens with one attached hydrogen (secondary N) is 2. The number of hydrogen-bond donors (Lipinski definition) is 6. The molecule has 15 nitrogen and oxygen atoms in total. The molecule has 9 atom stereocenters. The number of anilines is 1. The maximum atomic E-state index is 14.6. The third kappa shape index (κ3) is 7.65. The van der Waals surface area contributed by atoms with E-state index in [0.717, 1.165) is 0 Å². The summed E-state index contributed by atoms with van der Waals surface area (Å²) in [6.07, 6.45) is 3.56. The van der Waals surface area contributed by atoms with Crippen LogP contribution in [0.5, 0.6) is 17.2 Å². The minimum atomic E-state index is -2.02. The summed E-state index contributed by atoms with van der Waals surface area (Å²) in [5.74, 6) is -8.35. The van der Waals surface area contributed by atoms with Crippen LogP contribution in [-0.2, 0) is 28.5 Å². The molecule has 2 aromatic carbocycles. The molecule has 2 aliphatic rings. The van der Waals surface area contributed by atoms with Crippen LogP contribution >= 0.6 is 0 Å². The molecule has 3 heterocycles. The van der Waals surface area contributed by atoms with Gasteiger partial charge in [-0.1, -0.05) is 45.9 Å². The molecule has 9 unspecified atom stereocenters. The summed E-state index contributed by atoms with van der Waals surface area (Å²) >= 11 is 0. The lowest BCUT2D eigenvalue weighted by atomic mass is 9.78. The Balaban J connectivity index is 1.78. The van der Waals surface area contributed by atoms with Crippen LogP contribution in [0, 0.1) is 37.5 Å². The van der Waals surface area contributed by atoms with E-state index in [1.165, 1.54) is 53.2 Å². The summed E-state index contributed by atoms with van der Waals surface area (Å²) in [5, 5.41) is 49.1. The van der Waals surface area contributed by atoms with Crippen LogP contribution < -0.4 is 10.1 Å². The number of aromatic nitrogens is 1. The highest BCUT2D eigenvalue weighted by Gasteiger charge is 2.50. The Morgan fingerprint density at radius 1 is 0.931 bits per heavy atom. The summed E-state index contributed by atoms with van der Waals surface area (Å²) in [6.45, 7) is 15.8. The molecule has 314 valence electrons. The van der Waals surface area contributed by atoms with Crippen molar-refractivity contribution in [3.8, 4) is 17.2 Å². The zero-order valence-electron chi connectivity index (χ0n) is 34.7. The first-order chi connectivity index (χ1) is 27.2. The van der Waals surface area contributed by atoms with Crippen LogP contribution in [-0.4, -0.2) is 93.0 Å². The lowest BCUT2D eigenvalue weighted by Gasteiger charge is -2.38. The van der Waals surface area contributed by atoms with Crippen LogP contribution in [0.25, 0.3) is 21.7 Å². The highest BCUT2D eigenvalue weighted by molar-refractivity contribution is 6.31. The maximum absolute atomic E-state index is 14.6. The molecule has 3 aromatic rings. The van der Waals surface area contributed by atoms with Gasteiger partial charge < -0.3 is 54.4 Å². The molecule has 0 saturated heterocycles. The van der Waals surface area contributed by atoms with E-state index in [2.05, 4.69) is 10.3 Å². The number of hydrogen-bond acceptors (Lipinski definition) is 13. The Morgan fingerprint density at radius 2 is 1.60 bits per heavy atom. The second-order valence-electron chi connectivity index (χ2n) is 15.5. The number of carbonyl (C=O) groups is 4. The Kier molecular flexibility index (Phi) is 12.7. The fraction of sp³-hybridized carbons (Fsp3) is 0.488. The first kappa shape index (κ1) is 43.7. The number of phenolic OH excluding ortho intramolecular Hbond substituents is 2. The number of phenols is 2. The van der Waals surface area contributed by atoms with Gasteiger partial charge in [-0.25, -0.2) is 4.79 Å². The molecule has 0 fully saturated rings. The van der Waals surface area contributed by atoms with Gasteiger partial charge in [-0.2, -0.15) is 0 Å². The average Bonchev–Trinajstić information content (AvgIpc) is 3.66. The molecule has 2 aliphatic heterocycles. The molecule has 1 amide bonds. The van der Waals surface area contributed by atoms with Crippen molar-refractivity contribution in [3.63, 3.8) is 0 Å². The summed E-state index contributed by atoms with van der Waals surface area (Å²) in [5.41, 5.74) is 0.365. The fourth-order valence-corrected chi connectivity index (χ4v) is 8.01. The number of fused-ring (bicyclic) bond motifs is 1. The maximum Gasteiger partial charge on any atom is 0.340 e. The minimum Gasteiger partial charge on any atom is -0.507 e. The molecular formula is C43H54N2O13. The smallest absolute Gasteiger partial charge is 0.340 e. The van der Waals surface area contributed by atoms with Crippen molar-refractivity contribution in [1.82, 2.24) is 4.98 Å². The number of H-pyrrole nitrogens is 1. The first-order valence-electron chi connectivity index (χ1n) is 19.3. The standard InChI is InChI=1S/C43H54N2O13/c1-12-55-42(53)27-24(8)44-32-28-30-36(49)23(7)39-31(28)40(51)43(10,58-39)56-17-16-26(54-11)20(4)38(57-25(9)46)22(6)35(48)21(5)34(47)18(2)14-13-15-19(3)41(52)45-33(29(27)32)37(30)50/h13-18,20-22,26,34-35,38,44,47-50H,12H2,1-11H3,(H,45,52)/b14-13-,17-16?,19-15-. The number of aliphatic hydroxyl groups excluding tert-OH is 2. The molecule has 1 aromatic heterocycles. The average molecular weight is 807 g/mol. The number of Topliss-reactive ketones (excluding diaryl/α,β-unsaturated/α-hetero) is 1. The van der Waals surface area contributed by atoms with Crippen molar-refractivity contribution in [2.24, 2.45) is 23.7 Å². The molecule has 58 heavy (non-hydrogen) atoms. The Hall–Kier alpha value is -5.38. The number of esters is 2. The largest absolute Gasteiger partial charge is 0.507 e. The molecule has 0 radical (unpaired) electrons. The van der Waals surface area contributed by atoms with Gasteiger partial charge in [0.05, 0.1) is 58.9 Å². The van der Waals surface area contributed by atoms with Crippen molar-refractivity contribution in [2.45, 2.75) is 99.4 Å². The number of aryl methyl sites for hydroxylation is 1. The van der Waals surface area contributed by atoms with E-state index in [1.54, 1.807) is 53.7 Å². The van der Waals surface area contributed by atoms with E-state index >= 15 is 0 Å². The molecule has 6 N–H and O–H groups in total. The van der Waals surface area contributed by atoms with E-state index in [-0.39, 0.29) is 62.0 Å². The molecule has 0 aliphatic carbocycles. The van der Waals surface area contributed by atoms with Crippen molar-refractivity contribution >= 4 is 51.0 Å². The Bertz CT molecular complexity index is 2240. The number of rotatable bonds is 4. The fourth-order valence-electron chi connectivity index (χ4n) is 8.01. The van der Waals surface area contributed by atoms with E-state index < -0.39 is 89.0 Å². The highest BCUT2D eigenvalue weighted by atomic mass is 16.7. The molecule has 5 rings (SSSR count). The van der Waals surface area contributed by atoms with Gasteiger partial charge in [0.15, 0.2) is 5.75 Å². The van der Waals surface area contributed by atoms with E-state index in [9.17, 15) is 39.6 Å². The Labute approximate surface area is 336 Å². The van der Waals surface area contributed by atoms with E-state index in [0.29, 0.717) is 5.69 Å². The lowest BCUT2D eigenvalue weighted by molar-refractivity contribution is -0.160. The van der Waals surface area contributed by atoms with Crippen LogP contribution in [0.15, 0.2) is 36.1 Å². The summed E-state index contributed by atoms with van der Waals surface area (Å²) in [6, 6.07) is 0. The molecular weight excluding hydrogens is 752 g/mol. The topological polar surface area (TPSA) is 223 Å². The molecule has 4 bridgehead atoms. The van der Waals surface area contributed by atoms with Crippen molar-refractivity contribution in [1.29, 1.82) is 0 Å². The van der Waals surface area contributed by atoms with Crippen molar-refractivity contribution in [3.05, 3.63) is 58.5 Å². The number of methoxy groups -OCH3 is 1. The van der Waals surface area contributed by atoms with Crippen molar-refractivity contribution in [2.75, 3.05) is 19.0 Å². The summed E-state index contributed by atoms with van der Waals surface area (Å²) in [4.78, 5) is 57.3. The number of carbonyl (C=O) groups excluding carboxylic acids is 4. The number of allylic oxidation sites excluding steroid dienone is 2. The van der Waals surface area contributed by atoms with Crippen LogP contribution in [0.3, 0.4) is 0 Å².